The SMILES string of the molecule is CN(CCCn1cccn1)C(=O)c1ccc(-c2ncc[nH]2)s1. The lowest BCUT2D eigenvalue weighted by Crippen LogP contribution is -2.27. The molecule has 6 nitrogen and oxygen atoms in total. The minimum Gasteiger partial charge on any atom is -0.344 e. The maximum atomic E-state index is 12.4. The third-order valence-corrected chi connectivity index (χ3v) is 4.41. The molecule has 3 heterocycles. The summed E-state index contributed by atoms with van der Waals surface area (Å²) in [6, 6.07) is 5.68. The van der Waals surface area contributed by atoms with E-state index in [0.29, 0.717) is 6.54 Å². The quantitative estimate of drug-likeness (QED) is 0.760. The lowest BCUT2D eigenvalue weighted by molar-refractivity contribution is 0.0796. The lowest BCUT2D eigenvalue weighted by Gasteiger charge is -2.16. The highest BCUT2D eigenvalue weighted by Gasteiger charge is 2.15. The molecule has 0 radical (unpaired) electrons. The van der Waals surface area contributed by atoms with Crippen molar-refractivity contribution in [1.29, 1.82) is 0 Å². The second-order valence-electron chi connectivity index (χ2n) is 4.95. The van der Waals surface area contributed by atoms with Gasteiger partial charge in [0.25, 0.3) is 5.91 Å². The van der Waals surface area contributed by atoms with E-state index in [1.165, 1.54) is 11.3 Å². The number of amides is 1. The van der Waals surface area contributed by atoms with Gasteiger partial charge in [0, 0.05) is 44.9 Å². The number of imidazole rings is 1. The van der Waals surface area contributed by atoms with Crippen LogP contribution in [0.3, 0.4) is 0 Å². The summed E-state index contributed by atoms with van der Waals surface area (Å²) in [6.45, 7) is 1.51. The molecule has 0 bridgehead atoms. The summed E-state index contributed by atoms with van der Waals surface area (Å²) in [5.41, 5.74) is 0. The molecule has 0 unspecified atom stereocenters. The van der Waals surface area contributed by atoms with Crippen LogP contribution in [0.2, 0.25) is 0 Å². The number of hydrogen-bond donors (Lipinski definition) is 1. The van der Waals surface area contributed by atoms with Crippen molar-refractivity contribution in [2.75, 3.05) is 13.6 Å². The van der Waals surface area contributed by atoms with Gasteiger partial charge in [-0.1, -0.05) is 0 Å². The molecule has 1 N–H and O–H groups in total. The fourth-order valence-electron chi connectivity index (χ4n) is 2.17. The van der Waals surface area contributed by atoms with E-state index in [9.17, 15) is 4.79 Å². The Labute approximate surface area is 132 Å². The van der Waals surface area contributed by atoms with E-state index >= 15 is 0 Å². The van der Waals surface area contributed by atoms with Crippen molar-refractivity contribution >= 4 is 17.2 Å². The van der Waals surface area contributed by atoms with Gasteiger partial charge < -0.3 is 9.88 Å². The standard InChI is InChI=1S/C15H17N5OS/c1-19(9-3-11-20-10-2-6-18-20)15(21)13-5-4-12(22-13)14-16-7-8-17-14/h2,4-8,10H,3,9,11H2,1H3,(H,16,17). The summed E-state index contributed by atoms with van der Waals surface area (Å²) in [5, 5.41) is 4.15. The summed E-state index contributed by atoms with van der Waals surface area (Å²) >= 11 is 1.46. The number of hydrogen-bond acceptors (Lipinski definition) is 4. The number of nitrogens with one attached hydrogen (secondary N) is 1. The molecule has 7 heteroatoms. The maximum Gasteiger partial charge on any atom is 0.263 e. The predicted molar refractivity (Wildman–Crippen MR) is 85.7 cm³/mol. The molecule has 3 aromatic heterocycles. The van der Waals surface area contributed by atoms with Crippen LogP contribution < -0.4 is 0 Å². The molecule has 0 fully saturated rings. The van der Waals surface area contributed by atoms with Gasteiger partial charge in [-0.3, -0.25) is 9.48 Å². The van der Waals surface area contributed by atoms with Crippen LogP contribution in [0, 0.1) is 0 Å². The Balaban J connectivity index is 1.56. The van der Waals surface area contributed by atoms with E-state index in [4.69, 9.17) is 0 Å². The number of carbonyl (C=O) groups is 1. The van der Waals surface area contributed by atoms with Crippen LogP contribution in [-0.2, 0) is 6.54 Å². The van der Waals surface area contributed by atoms with E-state index < -0.39 is 0 Å². The van der Waals surface area contributed by atoms with Crippen LogP contribution >= 0.6 is 11.3 Å². The number of aromatic amines is 1. The minimum absolute atomic E-state index is 0.0447. The Morgan fingerprint density at radius 1 is 1.41 bits per heavy atom. The Morgan fingerprint density at radius 3 is 3.05 bits per heavy atom. The van der Waals surface area contributed by atoms with Crippen molar-refractivity contribution in [3.05, 3.63) is 47.9 Å². The normalized spacial score (nSPS) is 10.8. The molecule has 3 rings (SSSR count). The Hall–Kier alpha value is -2.41. The number of aromatic nitrogens is 4. The third-order valence-electron chi connectivity index (χ3n) is 3.34. The first-order chi connectivity index (χ1) is 10.7. The molecule has 0 aliphatic rings. The van der Waals surface area contributed by atoms with Gasteiger partial charge in [0.2, 0.25) is 0 Å². The number of carbonyl (C=O) groups excluding carboxylic acids is 1. The van der Waals surface area contributed by atoms with Gasteiger partial charge in [-0.2, -0.15) is 5.10 Å². The number of thiophene rings is 1. The molecule has 3 aromatic rings. The summed E-state index contributed by atoms with van der Waals surface area (Å²) in [4.78, 5) is 23.1. The lowest BCUT2D eigenvalue weighted by atomic mass is 10.3. The second kappa shape index (κ2) is 6.57. The highest BCUT2D eigenvalue weighted by atomic mass is 32.1. The molecular weight excluding hydrogens is 298 g/mol. The zero-order chi connectivity index (χ0) is 15.4. The van der Waals surface area contributed by atoms with Crippen LogP contribution in [0.5, 0.6) is 0 Å². The van der Waals surface area contributed by atoms with E-state index in [2.05, 4.69) is 15.1 Å². The van der Waals surface area contributed by atoms with Crippen molar-refractivity contribution in [3.8, 4) is 10.7 Å². The molecule has 22 heavy (non-hydrogen) atoms. The predicted octanol–water partition coefficient (Wildman–Crippen LogP) is 2.50. The average molecular weight is 315 g/mol. The zero-order valence-electron chi connectivity index (χ0n) is 12.3. The first-order valence-electron chi connectivity index (χ1n) is 7.06. The molecule has 0 aromatic carbocycles. The Morgan fingerprint density at radius 2 is 2.32 bits per heavy atom. The second-order valence-corrected chi connectivity index (χ2v) is 6.03. The highest BCUT2D eigenvalue weighted by molar-refractivity contribution is 7.17. The van der Waals surface area contributed by atoms with E-state index in [-0.39, 0.29) is 5.91 Å². The van der Waals surface area contributed by atoms with Crippen LogP contribution in [0.4, 0.5) is 0 Å². The number of H-pyrrole nitrogens is 1. The van der Waals surface area contributed by atoms with Gasteiger partial charge in [0.05, 0.1) is 9.75 Å². The zero-order valence-corrected chi connectivity index (χ0v) is 13.1. The Kier molecular flexibility index (Phi) is 4.34. The summed E-state index contributed by atoms with van der Waals surface area (Å²) < 4.78 is 1.87. The van der Waals surface area contributed by atoms with Crippen molar-refractivity contribution in [1.82, 2.24) is 24.6 Å². The molecule has 1 amide bonds. The summed E-state index contributed by atoms with van der Waals surface area (Å²) in [7, 11) is 1.83. The first kappa shape index (κ1) is 14.5. The van der Waals surface area contributed by atoms with Gasteiger partial charge in [-0.15, -0.1) is 11.3 Å². The summed E-state index contributed by atoms with van der Waals surface area (Å²) in [6.07, 6.45) is 8.05. The topological polar surface area (TPSA) is 66.8 Å². The summed E-state index contributed by atoms with van der Waals surface area (Å²) in [5.74, 6) is 0.841. The number of aryl methyl sites for hydroxylation is 1. The maximum absolute atomic E-state index is 12.4. The van der Waals surface area contributed by atoms with Gasteiger partial charge in [0.15, 0.2) is 0 Å². The van der Waals surface area contributed by atoms with Crippen LogP contribution in [0.25, 0.3) is 10.7 Å². The largest absolute Gasteiger partial charge is 0.344 e. The molecule has 0 aliphatic carbocycles. The van der Waals surface area contributed by atoms with Crippen molar-refractivity contribution in [3.63, 3.8) is 0 Å². The molecule has 0 atom stereocenters. The average Bonchev–Trinajstić information content (AvgIpc) is 3.26. The van der Waals surface area contributed by atoms with Crippen LogP contribution in [0.1, 0.15) is 16.1 Å². The highest BCUT2D eigenvalue weighted by Crippen LogP contribution is 2.25. The molecule has 0 saturated carbocycles. The van der Waals surface area contributed by atoms with E-state index in [1.54, 1.807) is 23.5 Å². The van der Waals surface area contributed by atoms with Crippen LogP contribution in [0.15, 0.2) is 43.0 Å². The minimum atomic E-state index is 0.0447. The van der Waals surface area contributed by atoms with Crippen molar-refractivity contribution in [2.45, 2.75) is 13.0 Å². The van der Waals surface area contributed by atoms with E-state index in [1.807, 2.05) is 36.1 Å². The molecule has 0 aliphatic heterocycles. The smallest absolute Gasteiger partial charge is 0.263 e. The number of nitrogens with zero attached hydrogens (tertiary/aromatic N) is 4. The van der Waals surface area contributed by atoms with Gasteiger partial charge in [-0.25, -0.2) is 4.98 Å². The third kappa shape index (κ3) is 3.25. The molecule has 0 spiro atoms. The fourth-order valence-corrected chi connectivity index (χ4v) is 3.13. The van der Waals surface area contributed by atoms with Crippen molar-refractivity contribution < 1.29 is 4.79 Å². The van der Waals surface area contributed by atoms with Gasteiger partial charge in [0.1, 0.15) is 5.82 Å². The van der Waals surface area contributed by atoms with Gasteiger partial charge >= 0.3 is 0 Å². The fraction of sp³-hybridized carbons (Fsp3) is 0.267. The van der Waals surface area contributed by atoms with Gasteiger partial charge in [-0.05, 0) is 24.6 Å². The monoisotopic (exact) mass is 315 g/mol. The number of rotatable bonds is 6. The molecule has 0 saturated heterocycles. The van der Waals surface area contributed by atoms with Crippen LogP contribution in [-0.4, -0.2) is 44.1 Å². The van der Waals surface area contributed by atoms with Crippen molar-refractivity contribution in [2.24, 2.45) is 0 Å². The van der Waals surface area contributed by atoms with E-state index in [0.717, 1.165) is 28.5 Å². The molecular formula is C15H17N5OS. The first-order valence-corrected chi connectivity index (χ1v) is 7.88. The molecule has 114 valence electrons. The Bertz CT molecular complexity index is 717.